The number of carboxylic acids is 1. The van der Waals surface area contributed by atoms with Gasteiger partial charge in [-0.2, -0.15) is 0 Å². The van der Waals surface area contributed by atoms with Crippen LogP contribution < -0.4 is 15.4 Å². The van der Waals surface area contributed by atoms with Crippen LogP contribution in [-0.4, -0.2) is 47.6 Å². The van der Waals surface area contributed by atoms with Gasteiger partial charge in [-0.05, 0) is 79.9 Å². The average molecular weight is 474 g/mol. The van der Waals surface area contributed by atoms with E-state index in [2.05, 4.69) is 15.5 Å². The summed E-state index contributed by atoms with van der Waals surface area (Å²) in [6.45, 7) is 2.82. The molecule has 1 amide bonds. The average Bonchev–Trinajstić information content (AvgIpc) is 3.10. The number of likely N-dealkylation sites (tertiary alicyclic amines) is 1. The molecule has 1 atom stereocenters. The molecule has 0 spiro atoms. The lowest BCUT2D eigenvalue weighted by Crippen LogP contribution is -2.35. The van der Waals surface area contributed by atoms with Crippen molar-refractivity contribution in [2.75, 3.05) is 25.0 Å². The molecule has 4 rings (SSSR count). The van der Waals surface area contributed by atoms with Gasteiger partial charge in [0.25, 0.3) is 0 Å². The van der Waals surface area contributed by atoms with Gasteiger partial charge in [0.15, 0.2) is 0 Å². The van der Waals surface area contributed by atoms with E-state index in [0.29, 0.717) is 24.7 Å². The third-order valence-corrected chi connectivity index (χ3v) is 6.10. The summed E-state index contributed by atoms with van der Waals surface area (Å²) in [4.78, 5) is 25.8. The van der Waals surface area contributed by atoms with E-state index in [1.807, 2.05) is 66.7 Å². The molecule has 3 aromatic rings. The highest BCUT2D eigenvalue weighted by molar-refractivity contribution is 5.92. The largest absolute Gasteiger partial charge is 0.478 e. The number of anilines is 1. The number of nitrogens with one attached hydrogen (secondary N) is 2. The van der Waals surface area contributed by atoms with E-state index >= 15 is 0 Å². The molecule has 0 saturated carbocycles. The number of hydrogen-bond acceptors (Lipinski definition) is 5. The van der Waals surface area contributed by atoms with Gasteiger partial charge in [-0.15, -0.1) is 0 Å². The van der Waals surface area contributed by atoms with Crippen LogP contribution in [0.3, 0.4) is 0 Å². The number of carbonyl (C=O) groups is 2. The summed E-state index contributed by atoms with van der Waals surface area (Å²) in [5, 5.41) is 15.6. The van der Waals surface area contributed by atoms with E-state index in [4.69, 9.17) is 9.84 Å². The highest BCUT2D eigenvalue weighted by Crippen LogP contribution is 2.22. The number of carboxylic acid groups (broad SMARTS) is 1. The van der Waals surface area contributed by atoms with Crippen molar-refractivity contribution in [2.45, 2.75) is 31.8 Å². The molecule has 1 unspecified atom stereocenters. The van der Waals surface area contributed by atoms with E-state index < -0.39 is 5.97 Å². The van der Waals surface area contributed by atoms with E-state index in [-0.39, 0.29) is 5.91 Å². The molecule has 7 nitrogen and oxygen atoms in total. The fourth-order valence-corrected chi connectivity index (χ4v) is 4.18. The van der Waals surface area contributed by atoms with Crippen LogP contribution in [0.5, 0.6) is 11.5 Å². The Labute approximate surface area is 205 Å². The van der Waals surface area contributed by atoms with Crippen molar-refractivity contribution in [1.29, 1.82) is 0 Å². The number of nitrogens with zero attached hydrogens (tertiary/aromatic N) is 1. The molecule has 1 fully saturated rings. The molecule has 7 heteroatoms. The number of amides is 1. The van der Waals surface area contributed by atoms with E-state index in [0.717, 1.165) is 55.1 Å². The van der Waals surface area contributed by atoms with Crippen LogP contribution in [0.4, 0.5) is 5.69 Å². The van der Waals surface area contributed by atoms with Crippen LogP contribution in [-0.2, 0) is 11.3 Å². The fraction of sp³-hybridized carbons (Fsp3) is 0.286. The van der Waals surface area contributed by atoms with E-state index in [1.54, 1.807) is 12.1 Å². The molecule has 0 aromatic heterocycles. The maximum atomic E-state index is 12.6. The van der Waals surface area contributed by atoms with Crippen LogP contribution in [0.1, 0.15) is 35.2 Å². The number of benzene rings is 3. The van der Waals surface area contributed by atoms with Crippen molar-refractivity contribution < 1.29 is 19.4 Å². The Hall–Kier alpha value is -3.68. The zero-order valence-corrected chi connectivity index (χ0v) is 19.7. The SMILES string of the molecule is O=C(CN1CCCC(NCc2ccc(C(=O)O)cc2)CC1)Nc1ccc(Oc2ccccc2)cc1. The highest BCUT2D eigenvalue weighted by Gasteiger charge is 2.18. The first-order valence-electron chi connectivity index (χ1n) is 12.0. The van der Waals surface area contributed by atoms with Gasteiger partial charge in [0.2, 0.25) is 5.91 Å². The minimum absolute atomic E-state index is 0.0216. The Morgan fingerprint density at radius 1 is 0.886 bits per heavy atom. The number of para-hydroxylation sites is 1. The summed E-state index contributed by atoms with van der Waals surface area (Å²) >= 11 is 0. The zero-order valence-electron chi connectivity index (χ0n) is 19.7. The molecule has 1 aliphatic rings. The smallest absolute Gasteiger partial charge is 0.335 e. The van der Waals surface area contributed by atoms with Crippen LogP contribution in [0.2, 0.25) is 0 Å². The van der Waals surface area contributed by atoms with Gasteiger partial charge in [-0.1, -0.05) is 30.3 Å². The van der Waals surface area contributed by atoms with Crippen LogP contribution >= 0.6 is 0 Å². The molecular weight excluding hydrogens is 442 g/mol. The molecule has 0 radical (unpaired) electrons. The Bertz CT molecular complexity index is 1100. The van der Waals surface area contributed by atoms with E-state index in [9.17, 15) is 9.59 Å². The monoisotopic (exact) mass is 473 g/mol. The second-order valence-corrected chi connectivity index (χ2v) is 8.77. The summed E-state index contributed by atoms with van der Waals surface area (Å²) in [5.74, 6) is 0.561. The number of rotatable bonds is 9. The third kappa shape index (κ3) is 7.67. The van der Waals surface area contributed by atoms with Crippen molar-refractivity contribution in [2.24, 2.45) is 0 Å². The van der Waals surface area contributed by atoms with Crippen LogP contribution in [0.25, 0.3) is 0 Å². The Kier molecular flexibility index (Phi) is 8.48. The Morgan fingerprint density at radius 3 is 2.31 bits per heavy atom. The maximum absolute atomic E-state index is 12.6. The predicted octanol–water partition coefficient (Wildman–Crippen LogP) is 4.76. The molecule has 0 bridgehead atoms. The molecule has 3 aromatic carbocycles. The van der Waals surface area contributed by atoms with Crippen molar-refractivity contribution in [3.63, 3.8) is 0 Å². The highest BCUT2D eigenvalue weighted by atomic mass is 16.5. The fourth-order valence-electron chi connectivity index (χ4n) is 4.18. The lowest BCUT2D eigenvalue weighted by molar-refractivity contribution is -0.117. The first kappa shape index (κ1) is 24.4. The van der Waals surface area contributed by atoms with Crippen LogP contribution in [0, 0.1) is 0 Å². The second kappa shape index (κ2) is 12.1. The Morgan fingerprint density at radius 2 is 1.60 bits per heavy atom. The van der Waals surface area contributed by atoms with Gasteiger partial charge in [0, 0.05) is 24.8 Å². The molecule has 1 saturated heterocycles. The van der Waals surface area contributed by atoms with Crippen LogP contribution in [0.15, 0.2) is 78.9 Å². The number of aromatic carboxylic acids is 1. The maximum Gasteiger partial charge on any atom is 0.335 e. The molecule has 3 N–H and O–H groups in total. The van der Waals surface area contributed by atoms with Gasteiger partial charge in [0.05, 0.1) is 12.1 Å². The predicted molar refractivity (Wildman–Crippen MR) is 136 cm³/mol. The van der Waals surface area contributed by atoms with Gasteiger partial charge in [-0.25, -0.2) is 4.79 Å². The lowest BCUT2D eigenvalue weighted by atomic mass is 10.1. The first-order chi connectivity index (χ1) is 17.0. The molecule has 0 aliphatic carbocycles. The summed E-state index contributed by atoms with van der Waals surface area (Å²) in [6.07, 6.45) is 3.04. The Balaban J connectivity index is 1.19. The summed E-state index contributed by atoms with van der Waals surface area (Å²) in [6, 6.07) is 24.3. The van der Waals surface area contributed by atoms with Crippen molar-refractivity contribution in [3.8, 4) is 11.5 Å². The quantitative estimate of drug-likeness (QED) is 0.415. The number of carbonyl (C=O) groups excluding carboxylic acids is 1. The summed E-state index contributed by atoms with van der Waals surface area (Å²) < 4.78 is 5.80. The van der Waals surface area contributed by atoms with Crippen molar-refractivity contribution in [3.05, 3.63) is 90.0 Å². The molecular formula is C28H31N3O4. The zero-order chi connectivity index (χ0) is 24.5. The molecule has 1 heterocycles. The third-order valence-electron chi connectivity index (χ3n) is 6.10. The van der Waals surface area contributed by atoms with E-state index in [1.165, 1.54) is 0 Å². The normalized spacial score (nSPS) is 16.3. The van der Waals surface area contributed by atoms with Gasteiger partial charge < -0.3 is 20.5 Å². The second-order valence-electron chi connectivity index (χ2n) is 8.77. The number of ether oxygens (including phenoxy) is 1. The molecule has 35 heavy (non-hydrogen) atoms. The molecule has 1 aliphatic heterocycles. The van der Waals surface area contributed by atoms with Gasteiger partial charge in [-0.3, -0.25) is 9.69 Å². The summed E-state index contributed by atoms with van der Waals surface area (Å²) in [7, 11) is 0. The first-order valence-corrected chi connectivity index (χ1v) is 12.0. The minimum atomic E-state index is -0.911. The van der Waals surface area contributed by atoms with Crippen molar-refractivity contribution >= 4 is 17.6 Å². The molecule has 182 valence electrons. The minimum Gasteiger partial charge on any atom is -0.478 e. The standard InChI is InChI=1S/C28H31N3O4/c32-27(30-24-12-14-26(15-13-24)35-25-6-2-1-3-7-25)20-31-17-4-5-23(16-18-31)29-19-21-8-10-22(11-9-21)28(33)34/h1-3,6-15,23,29H,4-5,16-20H2,(H,30,32)(H,33,34). The lowest BCUT2D eigenvalue weighted by Gasteiger charge is -2.20. The summed E-state index contributed by atoms with van der Waals surface area (Å²) in [5.41, 5.74) is 2.11. The van der Waals surface area contributed by atoms with Gasteiger partial charge in [0.1, 0.15) is 11.5 Å². The van der Waals surface area contributed by atoms with Crippen molar-refractivity contribution in [1.82, 2.24) is 10.2 Å². The topological polar surface area (TPSA) is 90.9 Å². The number of hydrogen-bond donors (Lipinski definition) is 3. The van der Waals surface area contributed by atoms with Gasteiger partial charge >= 0.3 is 5.97 Å².